The van der Waals surface area contributed by atoms with Gasteiger partial charge in [-0.25, -0.2) is 0 Å². The molecule has 0 spiro atoms. The van der Waals surface area contributed by atoms with E-state index >= 15 is 0 Å². The standard InChI is InChI=1S/C15H20N4O/c1-18-7-2-8-19(10-9-18)12-15(20)17-14-5-3-13(11-16)4-6-14/h3-6H,2,7-10,12H2,1H3,(H,17,20). The Labute approximate surface area is 119 Å². The van der Waals surface area contributed by atoms with Gasteiger partial charge in [0.1, 0.15) is 0 Å². The highest BCUT2D eigenvalue weighted by Gasteiger charge is 2.14. The number of carbonyl (C=O) groups excluding carboxylic acids is 1. The van der Waals surface area contributed by atoms with Crippen molar-refractivity contribution in [3.63, 3.8) is 0 Å². The van der Waals surface area contributed by atoms with Crippen molar-refractivity contribution in [3.05, 3.63) is 29.8 Å². The van der Waals surface area contributed by atoms with Gasteiger partial charge in [-0.1, -0.05) is 0 Å². The summed E-state index contributed by atoms with van der Waals surface area (Å²) in [6.45, 7) is 4.41. The van der Waals surface area contributed by atoms with Gasteiger partial charge >= 0.3 is 0 Å². The van der Waals surface area contributed by atoms with Crippen molar-refractivity contribution in [3.8, 4) is 6.07 Å². The van der Waals surface area contributed by atoms with Crippen LogP contribution in [0.25, 0.3) is 0 Å². The van der Waals surface area contributed by atoms with Gasteiger partial charge in [-0.05, 0) is 50.8 Å². The molecule has 0 radical (unpaired) electrons. The fourth-order valence-corrected chi connectivity index (χ4v) is 2.29. The Morgan fingerprint density at radius 3 is 2.70 bits per heavy atom. The van der Waals surface area contributed by atoms with Crippen LogP contribution >= 0.6 is 0 Å². The second-order valence-electron chi connectivity index (χ2n) is 5.17. The smallest absolute Gasteiger partial charge is 0.238 e. The Morgan fingerprint density at radius 2 is 2.00 bits per heavy atom. The Bertz CT molecular complexity index is 492. The molecule has 1 aromatic rings. The number of carbonyl (C=O) groups is 1. The summed E-state index contributed by atoms with van der Waals surface area (Å²) in [5.74, 6) is -0.000685. The highest BCUT2D eigenvalue weighted by atomic mass is 16.2. The Hall–Kier alpha value is -1.90. The maximum absolute atomic E-state index is 12.0. The largest absolute Gasteiger partial charge is 0.325 e. The molecule has 0 aromatic heterocycles. The number of nitriles is 1. The lowest BCUT2D eigenvalue weighted by Gasteiger charge is -2.19. The van der Waals surface area contributed by atoms with Gasteiger partial charge in [-0.15, -0.1) is 0 Å². The average molecular weight is 272 g/mol. The summed E-state index contributed by atoms with van der Waals surface area (Å²) in [6, 6.07) is 8.98. The van der Waals surface area contributed by atoms with Crippen LogP contribution < -0.4 is 5.32 Å². The molecule has 2 rings (SSSR count). The highest BCUT2D eigenvalue weighted by molar-refractivity contribution is 5.92. The van der Waals surface area contributed by atoms with E-state index in [2.05, 4.69) is 28.2 Å². The first-order chi connectivity index (χ1) is 9.67. The zero-order valence-electron chi connectivity index (χ0n) is 11.8. The van der Waals surface area contributed by atoms with Crippen LogP contribution in [0.4, 0.5) is 5.69 Å². The first kappa shape index (κ1) is 14.5. The Morgan fingerprint density at radius 1 is 1.25 bits per heavy atom. The van der Waals surface area contributed by atoms with Gasteiger partial charge in [0.25, 0.3) is 0 Å². The second-order valence-corrected chi connectivity index (χ2v) is 5.17. The molecule has 1 aromatic carbocycles. The van der Waals surface area contributed by atoms with Crippen LogP contribution in [-0.2, 0) is 4.79 Å². The molecular weight excluding hydrogens is 252 g/mol. The second kappa shape index (κ2) is 7.04. The van der Waals surface area contributed by atoms with E-state index in [1.807, 2.05) is 0 Å². The Balaban J connectivity index is 1.83. The summed E-state index contributed by atoms with van der Waals surface area (Å²) < 4.78 is 0. The predicted octanol–water partition coefficient (Wildman–Crippen LogP) is 1.13. The number of likely N-dealkylation sites (N-methyl/N-ethyl adjacent to an activating group) is 1. The Kier molecular flexibility index (Phi) is 5.10. The number of nitrogens with one attached hydrogen (secondary N) is 1. The lowest BCUT2D eigenvalue weighted by Crippen LogP contribution is -2.35. The predicted molar refractivity (Wildman–Crippen MR) is 78.3 cm³/mol. The number of anilines is 1. The van der Waals surface area contributed by atoms with Gasteiger partial charge in [0, 0.05) is 18.8 Å². The molecule has 0 saturated carbocycles. The van der Waals surface area contributed by atoms with Crippen LogP contribution in [0.15, 0.2) is 24.3 Å². The number of hydrogen-bond donors (Lipinski definition) is 1. The topological polar surface area (TPSA) is 59.4 Å². The third kappa shape index (κ3) is 4.34. The van der Waals surface area contributed by atoms with Crippen LogP contribution in [0.3, 0.4) is 0 Å². The summed E-state index contributed by atoms with van der Waals surface area (Å²) in [7, 11) is 2.11. The molecule has 1 N–H and O–H groups in total. The van der Waals surface area contributed by atoms with Crippen molar-refractivity contribution < 1.29 is 4.79 Å². The molecule has 1 heterocycles. The van der Waals surface area contributed by atoms with Crippen LogP contribution in [-0.4, -0.2) is 55.5 Å². The molecule has 1 saturated heterocycles. The molecule has 0 bridgehead atoms. The maximum atomic E-state index is 12.0. The van der Waals surface area contributed by atoms with Crippen LogP contribution in [0.5, 0.6) is 0 Å². The lowest BCUT2D eigenvalue weighted by molar-refractivity contribution is -0.117. The van der Waals surface area contributed by atoms with E-state index in [1.165, 1.54) is 0 Å². The van der Waals surface area contributed by atoms with E-state index in [1.54, 1.807) is 24.3 Å². The highest BCUT2D eigenvalue weighted by Crippen LogP contribution is 2.09. The molecule has 5 nitrogen and oxygen atoms in total. The van der Waals surface area contributed by atoms with Crippen molar-refractivity contribution in [2.75, 3.05) is 45.1 Å². The van der Waals surface area contributed by atoms with Crippen LogP contribution in [0.1, 0.15) is 12.0 Å². The number of benzene rings is 1. The van der Waals surface area contributed by atoms with Gasteiger partial charge in [-0.3, -0.25) is 9.69 Å². The minimum Gasteiger partial charge on any atom is -0.325 e. The van der Waals surface area contributed by atoms with Crippen molar-refractivity contribution in [1.82, 2.24) is 9.80 Å². The van der Waals surface area contributed by atoms with Gasteiger partial charge in [-0.2, -0.15) is 5.26 Å². The molecule has 1 fully saturated rings. The van der Waals surface area contributed by atoms with E-state index in [-0.39, 0.29) is 5.91 Å². The normalized spacial score (nSPS) is 17.2. The van der Waals surface area contributed by atoms with E-state index in [9.17, 15) is 4.79 Å². The van der Waals surface area contributed by atoms with Gasteiger partial charge in [0.15, 0.2) is 0 Å². The van der Waals surface area contributed by atoms with Crippen molar-refractivity contribution in [2.24, 2.45) is 0 Å². The quantitative estimate of drug-likeness (QED) is 0.896. The van der Waals surface area contributed by atoms with Crippen molar-refractivity contribution >= 4 is 11.6 Å². The molecule has 1 amide bonds. The molecule has 0 unspecified atom stereocenters. The third-order valence-electron chi connectivity index (χ3n) is 3.48. The summed E-state index contributed by atoms with van der Waals surface area (Å²) in [6.07, 6.45) is 1.10. The van der Waals surface area contributed by atoms with E-state index in [0.29, 0.717) is 12.1 Å². The summed E-state index contributed by atoms with van der Waals surface area (Å²) in [5, 5.41) is 11.6. The van der Waals surface area contributed by atoms with Gasteiger partial charge in [0.2, 0.25) is 5.91 Å². The van der Waals surface area contributed by atoms with E-state index < -0.39 is 0 Å². The molecule has 1 aliphatic heterocycles. The minimum absolute atomic E-state index is 0.000685. The van der Waals surface area contributed by atoms with Crippen LogP contribution in [0.2, 0.25) is 0 Å². The van der Waals surface area contributed by atoms with Crippen molar-refractivity contribution in [1.29, 1.82) is 5.26 Å². The SMILES string of the molecule is CN1CCCN(CC(=O)Nc2ccc(C#N)cc2)CC1. The lowest BCUT2D eigenvalue weighted by atomic mass is 10.2. The van der Waals surface area contributed by atoms with Crippen molar-refractivity contribution in [2.45, 2.75) is 6.42 Å². The molecule has 5 heteroatoms. The zero-order valence-corrected chi connectivity index (χ0v) is 11.8. The molecule has 20 heavy (non-hydrogen) atoms. The maximum Gasteiger partial charge on any atom is 0.238 e. The summed E-state index contributed by atoms with van der Waals surface area (Å²) in [4.78, 5) is 16.5. The zero-order chi connectivity index (χ0) is 14.4. The molecule has 106 valence electrons. The van der Waals surface area contributed by atoms with Gasteiger partial charge < -0.3 is 10.2 Å². The minimum atomic E-state index is -0.000685. The number of amides is 1. The number of rotatable bonds is 3. The molecular formula is C15H20N4O. The number of nitrogens with zero attached hydrogens (tertiary/aromatic N) is 3. The summed E-state index contributed by atoms with van der Waals surface area (Å²) in [5.41, 5.74) is 1.33. The number of hydrogen-bond acceptors (Lipinski definition) is 4. The fourth-order valence-electron chi connectivity index (χ4n) is 2.29. The fraction of sp³-hybridized carbons (Fsp3) is 0.467. The van der Waals surface area contributed by atoms with E-state index in [0.717, 1.165) is 38.3 Å². The van der Waals surface area contributed by atoms with E-state index in [4.69, 9.17) is 5.26 Å². The van der Waals surface area contributed by atoms with Crippen LogP contribution in [0, 0.1) is 11.3 Å². The average Bonchev–Trinajstić information content (AvgIpc) is 2.64. The molecule has 1 aliphatic rings. The first-order valence-corrected chi connectivity index (χ1v) is 6.88. The first-order valence-electron chi connectivity index (χ1n) is 6.88. The monoisotopic (exact) mass is 272 g/mol. The summed E-state index contributed by atoms with van der Waals surface area (Å²) >= 11 is 0. The molecule has 0 atom stereocenters. The van der Waals surface area contributed by atoms with Gasteiger partial charge in [0.05, 0.1) is 18.2 Å². The molecule has 0 aliphatic carbocycles. The third-order valence-corrected chi connectivity index (χ3v) is 3.48.